The summed E-state index contributed by atoms with van der Waals surface area (Å²) in [4.78, 5) is 0. The second-order valence-electron chi connectivity index (χ2n) is 3.61. The Morgan fingerprint density at radius 1 is 0.938 bits per heavy atom. The zero-order chi connectivity index (χ0) is 11.2. The van der Waals surface area contributed by atoms with Crippen LogP contribution in [-0.4, -0.2) is 0 Å². The molecule has 0 aliphatic rings. The highest BCUT2D eigenvalue weighted by molar-refractivity contribution is 5.49. The van der Waals surface area contributed by atoms with E-state index in [0.29, 0.717) is 0 Å². The van der Waals surface area contributed by atoms with Crippen LogP contribution in [0.2, 0.25) is 0 Å². The van der Waals surface area contributed by atoms with Crippen molar-refractivity contribution in [2.75, 3.05) is 5.32 Å². The minimum atomic E-state index is 1.02. The first-order valence-electron chi connectivity index (χ1n) is 5.23. The fourth-order valence-corrected chi connectivity index (χ4v) is 1.42. The van der Waals surface area contributed by atoms with Crippen molar-refractivity contribution in [2.45, 2.75) is 6.92 Å². The summed E-state index contributed by atoms with van der Waals surface area (Å²) in [7, 11) is 0. The first-order chi connectivity index (χ1) is 7.84. The van der Waals surface area contributed by atoms with Gasteiger partial charge >= 0.3 is 0 Å². The molecule has 0 unspecified atom stereocenters. The Morgan fingerprint density at radius 2 is 1.75 bits per heavy atom. The molecule has 16 heavy (non-hydrogen) atoms. The summed E-state index contributed by atoms with van der Waals surface area (Å²) in [6.07, 6.45) is 0. The molecule has 1 nitrogen and oxygen atoms in total. The smallest absolute Gasteiger partial charge is 0.0459 e. The van der Waals surface area contributed by atoms with E-state index >= 15 is 0 Å². The molecule has 0 aliphatic heterocycles. The summed E-state index contributed by atoms with van der Waals surface area (Å²) in [6.45, 7) is 2.07. The lowest BCUT2D eigenvalue weighted by molar-refractivity contribution is 1.45. The number of nitrogens with one attached hydrogen (secondary N) is 1. The standard InChI is InChI=1S/C15H13N/c1-13-6-5-7-14(12-13)10-11-16-15-8-3-2-4-9-15/h2-9,12,16H,1H3. The second-order valence-corrected chi connectivity index (χ2v) is 3.61. The third kappa shape index (κ3) is 2.90. The summed E-state index contributed by atoms with van der Waals surface area (Å²) in [5.41, 5.74) is 3.28. The molecule has 0 bridgehead atoms. The Bertz CT molecular complexity index is 518. The Labute approximate surface area is 96.1 Å². The van der Waals surface area contributed by atoms with Gasteiger partial charge in [-0.3, -0.25) is 0 Å². The maximum absolute atomic E-state index is 3.07. The molecule has 0 saturated carbocycles. The Balaban J connectivity index is 2.06. The van der Waals surface area contributed by atoms with E-state index in [2.05, 4.69) is 36.3 Å². The first-order valence-corrected chi connectivity index (χ1v) is 5.23. The Kier molecular flexibility index (Phi) is 3.25. The van der Waals surface area contributed by atoms with Crippen LogP contribution >= 0.6 is 0 Å². The molecule has 2 aromatic carbocycles. The first kappa shape index (κ1) is 10.3. The molecule has 0 aliphatic carbocycles. The van der Waals surface area contributed by atoms with Crippen molar-refractivity contribution in [3.8, 4) is 12.0 Å². The van der Waals surface area contributed by atoms with Gasteiger partial charge in [0.2, 0.25) is 0 Å². The van der Waals surface area contributed by atoms with Gasteiger partial charge in [-0.05, 0) is 42.7 Å². The van der Waals surface area contributed by atoms with Crippen LogP contribution in [0, 0.1) is 18.9 Å². The van der Waals surface area contributed by atoms with Gasteiger partial charge in [0.1, 0.15) is 0 Å². The van der Waals surface area contributed by atoms with E-state index in [1.54, 1.807) is 0 Å². The molecule has 0 radical (unpaired) electrons. The van der Waals surface area contributed by atoms with Crippen LogP contribution in [0.4, 0.5) is 5.69 Å². The van der Waals surface area contributed by atoms with Crippen molar-refractivity contribution in [1.82, 2.24) is 0 Å². The lowest BCUT2D eigenvalue weighted by atomic mass is 10.1. The fourth-order valence-electron chi connectivity index (χ4n) is 1.42. The third-order valence-electron chi connectivity index (χ3n) is 2.21. The lowest BCUT2D eigenvalue weighted by Crippen LogP contribution is -1.87. The minimum absolute atomic E-state index is 1.02. The van der Waals surface area contributed by atoms with Crippen LogP contribution in [0.5, 0.6) is 0 Å². The molecular formula is C15H13N. The van der Waals surface area contributed by atoms with Crippen LogP contribution in [-0.2, 0) is 0 Å². The number of hydrogen-bond donors (Lipinski definition) is 1. The predicted octanol–water partition coefficient (Wildman–Crippen LogP) is 3.42. The topological polar surface area (TPSA) is 12.0 Å². The van der Waals surface area contributed by atoms with E-state index in [0.717, 1.165) is 11.3 Å². The van der Waals surface area contributed by atoms with Crippen LogP contribution < -0.4 is 5.32 Å². The van der Waals surface area contributed by atoms with E-state index in [9.17, 15) is 0 Å². The monoisotopic (exact) mass is 207 g/mol. The quantitative estimate of drug-likeness (QED) is 0.558. The summed E-state index contributed by atoms with van der Waals surface area (Å²) < 4.78 is 0. The summed E-state index contributed by atoms with van der Waals surface area (Å²) in [5.74, 6) is 3.07. The highest BCUT2D eigenvalue weighted by Crippen LogP contribution is 2.04. The number of rotatable bonds is 1. The maximum atomic E-state index is 3.07. The fraction of sp³-hybridized carbons (Fsp3) is 0.0667. The zero-order valence-corrected chi connectivity index (χ0v) is 9.20. The molecule has 0 saturated heterocycles. The maximum Gasteiger partial charge on any atom is 0.0459 e. The average molecular weight is 207 g/mol. The number of anilines is 1. The molecule has 2 aromatic rings. The molecular weight excluding hydrogens is 194 g/mol. The van der Waals surface area contributed by atoms with E-state index < -0.39 is 0 Å². The van der Waals surface area contributed by atoms with Crippen LogP contribution in [0.25, 0.3) is 0 Å². The minimum Gasteiger partial charge on any atom is -0.315 e. The molecule has 1 N–H and O–H groups in total. The predicted molar refractivity (Wildman–Crippen MR) is 68.1 cm³/mol. The molecule has 0 spiro atoms. The van der Waals surface area contributed by atoms with Crippen LogP contribution in [0.15, 0.2) is 54.6 Å². The molecule has 1 heteroatoms. The van der Waals surface area contributed by atoms with Gasteiger partial charge in [-0.25, -0.2) is 0 Å². The van der Waals surface area contributed by atoms with Gasteiger partial charge in [-0.2, -0.15) is 0 Å². The van der Waals surface area contributed by atoms with E-state index in [4.69, 9.17) is 0 Å². The van der Waals surface area contributed by atoms with E-state index in [1.807, 2.05) is 42.5 Å². The average Bonchev–Trinajstić information content (AvgIpc) is 2.30. The highest BCUT2D eigenvalue weighted by Gasteiger charge is 1.87. The van der Waals surface area contributed by atoms with Gasteiger partial charge in [0, 0.05) is 17.3 Å². The van der Waals surface area contributed by atoms with Crippen molar-refractivity contribution in [2.24, 2.45) is 0 Å². The van der Waals surface area contributed by atoms with Crippen molar-refractivity contribution in [1.29, 1.82) is 0 Å². The molecule has 2 rings (SSSR count). The molecule has 0 aromatic heterocycles. The molecule has 78 valence electrons. The molecule has 0 heterocycles. The lowest BCUT2D eigenvalue weighted by Gasteiger charge is -1.96. The normalized spacial score (nSPS) is 9.06. The molecule has 0 fully saturated rings. The van der Waals surface area contributed by atoms with Crippen LogP contribution in [0.1, 0.15) is 11.1 Å². The van der Waals surface area contributed by atoms with Crippen molar-refractivity contribution >= 4 is 5.69 Å². The Morgan fingerprint density at radius 3 is 2.50 bits per heavy atom. The van der Waals surface area contributed by atoms with Crippen molar-refractivity contribution in [3.63, 3.8) is 0 Å². The van der Waals surface area contributed by atoms with Gasteiger partial charge in [0.05, 0.1) is 0 Å². The summed E-state index contributed by atoms with van der Waals surface area (Å²) >= 11 is 0. The highest BCUT2D eigenvalue weighted by atomic mass is 14.8. The van der Waals surface area contributed by atoms with E-state index in [1.165, 1.54) is 5.56 Å². The van der Waals surface area contributed by atoms with E-state index in [-0.39, 0.29) is 0 Å². The SMILES string of the molecule is Cc1cccc(C#CNc2ccccc2)c1. The zero-order valence-electron chi connectivity index (χ0n) is 9.20. The van der Waals surface area contributed by atoms with Gasteiger partial charge in [0.15, 0.2) is 0 Å². The van der Waals surface area contributed by atoms with Crippen molar-refractivity contribution < 1.29 is 0 Å². The van der Waals surface area contributed by atoms with Crippen molar-refractivity contribution in [3.05, 3.63) is 65.7 Å². The number of aryl methyl sites for hydroxylation is 1. The largest absolute Gasteiger partial charge is 0.315 e. The summed E-state index contributed by atoms with van der Waals surface area (Å²) in [5, 5.41) is 3.05. The third-order valence-corrected chi connectivity index (χ3v) is 2.21. The number of para-hydroxylation sites is 1. The van der Waals surface area contributed by atoms with Gasteiger partial charge in [0.25, 0.3) is 0 Å². The van der Waals surface area contributed by atoms with Crippen LogP contribution in [0.3, 0.4) is 0 Å². The van der Waals surface area contributed by atoms with Gasteiger partial charge < -0.3 is 5.32 Å². The van der Waals surface area contributed by atoms with Gasteiger partial charge in [-0.1, -0.05) is 30.3 Å². The molecule has 0 amide bonds. The Hall–Kier alpha value is -2.20. The second kappa shape index (κ2) is 5.04. The number of benzene rings is 2. The summed E-state index contributed by atoms with van der Waals surface area (Å²) in [6, 6.07) is 21.0. The molecule has 0 atom stereocenters. The number of hydrogen-bond acceptors (Lipinski definition) is 1. The van der Waals surface area contributed by atoms with Gasteiger partial charge in [-0.15, -0.1) is 0 Å².